The molecule has 1 saturated heterocycles. The van der Waals surface area contributed by atoms with Crippen LogP contribution in [0.4, 0.5) is 13.2 Å². The van der Waals surface area contributed by atoms with E-state index in [0.29, 0.717) is 6.04 Å². The molecule has 1 N–H and O–H groups in total. The van der Waals surface area contributed by atoms with Gasteiger partial charge in [0.25, 0.3) is 0 Å². The highest BCUT2D eigenvalue weighted by Gasteiger charge is 2.29. The summed E-state index contributed by atoms with van der Waals surface area (Å²) in [5.41, 5.74) is -4.01. The quantitative estimate of drug-likeness (QED) is 0.804. The molecule has 0 bridgehead atoms. The number of nitrogens with one attached hydrogen (secondary N) is 1. The van der Waals surface area contributed by atoms with Crippen LogP contribution in [0.1, 0.15) is 27.2 Å². The minimum atomic E-state index is -4.15. The summed E-state index contributed by atoms with van der Waals surface area (Å²) in [4.78, 5) is 4.20. The van der Waals surface area contributed by atoms with Crippen molar-refractivity contribution in [3.05, 3.63) is 0 Å². The number of alkyl halides is 3. The number of thioether (sulfide) groups is 2. The van der Waals surface area contributed by atoms with Crippen molar-refractivity contribution >= 4 is 28.7 Å². The lowest BCUT2D eigenvalue weighted by molar-refractivity contribution is -0.0327. The molecule has 1 fully saturated rings. The van der Waals surface area contributed by atoms with Gasteiger partial charge in [-0.1, -0.05) is 32.5 Å². The molecule has 106 valence electrons. The van der Waals surface area contributed by atoms with Gasteiger partial charge >= 0.3 is 5.51 Å². The number of amidine groups is 1. The van der Waals surface area contributed by atoms with E-state index in [-0.39, 0.29) is 29.5 Å². The fraction of sp³-hybridized carbons (Fsp3) is 0.909. The van der Waals surface area contributed by atoms with Crippen LogP contribution in [-0.4, -0.2) is 34.8 Å². The van der Waals surface area contributed by atoms with Crippen molar-refractivity contribution in [3.63, 3.8) is 0 Å². The second-order valence-electron chi connectivity index (χ2n) is 5.18. The molecule has 0 saturated carbocycles. The van der Waals surface area contributed by atoms with E-state index in [1.807, 2.05) is 0 Å². The van der Waals surface area contributed by atoms with E-state index in [1.165, 1.54) is 0 Å². The minimum Gasteiger partial charge on any atom is -0.362 e. The summed E-state index contributed by atoms with van der Waals surface area (Å²) in [6, 6.07) is 0.341. The molecule has 1 heterocycles. The maximum atomic E-state index is 11.9. The molecule has 1 aliphatic rings. The maximum absolute atomic E-state index is 11.9. The van der Waals surface area contributed by atoms with Gasteiger partial charge in [-0.25, -0.2) is 0 Å². The number of hydrogen-bond acceptors (Lipinski definition) is 3. The van der Waals surface area contributed by atoms with Gasteiger partial charge < -0.3 is 5.32 Å². The zero-order valence-corrected chi connectivity index (χ0v) is 12.4. The highest BCUT2D eigenvalue weighted by Crippen LogP contribution is 2.30. The van der Waals surface area contributed by atoms with Crippen LogP contribution in [0, 0.1) is 5.41 Å². The first kappa shape index (κ1) is 16.0. The lowest BCUT2D eigenvalue weighted by Crippen LogP contribution is -2.46. The number of halogens is 3. The Morgan fingerprint density at radius 1 is 1.39 bits per heavy atom. The average molecular weight is 300 g/mol. The summed E-state index contributed by atoms with van der Waals surface area (Å²) >= 11 is 1.57. The van der Waals surface area contributed by atoms with Gasteiger partial charge in [-0.2, -0.15) is 13.2 Å². The Morgan fingerprint density at radius 2 is 2.06 bits per heavy atom. The standard InChI is InChI=1S/C11H19F3N2S2/c1-10(2,3)8-4-6-17-9(16-8)15-5-7-18-11(12,13)14/h8H,4-7H2,1-3H3,(H,15,16). The van der Waals surface area contributed by atoms with Crippen LogP contribution >= 0.6 is 23.5 Å². The third kappa shape index (κ3) is 6.22. The normalized spacial score (nSPS) is 24.1. The first-order chi connectivity index (χ1) is 8.18. The maximum Gasteiger partial charge on any atom is 0.441 e. The monoisotopic (exact) mass is 300 g/mol. The zero-order valence-electron chi connectivity index (χ0n) is 10.8. The van der Waals surface area contributed by atoms with Crippen LogP contribution in [0.2, 0.25) is 0 Å². The first-order valence-corrected chi connectivity index (χ1v) is 7.80. The molecule has 7 heteroatoms. The summed E-state index contributed by atoms with van der Waals surface area (Å²) in [5, 5.41) is 4.09. The van der Waals surface area contributed by atoms with Crippen LogP contribution in [-0.2, 0) is 0 Å². The fourth-order valence-electron chi connectivity index (χ4n) is 1.59. The summed E-state index contributed by atoms with van der Waals surface area (Å²) < 4.78 is 35.8. The molecule has 1 aliphatic heterocycles. The molecule has 1 rings (SSSR count). The van der Waals surface area contributed by atoms with Crippen molar-refractivity contribution in [2.45, 2.75) is 38.7 Å². The molecule has 2 nitrogen and oxygen atoms in total. The van der Waals surface area contributed by atoms with E-state index in [4.69, 9.17) is 0 Å². The average Bonchev–Trinajstić information content (AvgIpc) is 2.22. The van der Waals surface area contributed by atoms with Gasteiger partial charge in [0.05, 0.1) is 6.54 Å². The lowest BCUT2D eigenvalue weighted by atomic mass is 9.85. The molecule has 18 heavy (non-hydrogen) atoms. The number of nitrogens with zero attached hydrogens (tertiary/aromatic N) is 1. The van der Waals surface area contributed by atoms with Crippen molar-refractivity contribution in [1.29, 1.82) is 0 Å². The lowest BCUT2D eigenvalue weighted by Gasteiger charge is -2.35. The molecule has 0 aromatic heterocycles. The van der Waals surface area contributed by atoms with Crippen molar-refractivity contribution < 1.29 is 13.2 Å². The second kappa shape index (κ2) is 6.41. The van der Waals surface area contributed by atoms with Gasteiger partial charge in [0.1, 0.15) is 0 Å². The Bertz CT molecular complexity index is 298. The topological polar surface area (TPSA) is 24.4 Å². The molecule has 0 aromatic rings. The molecule has 0 aromatic carbocycles. The van der Waals surface area contributed by atoms with E-state index in [1.54, 1.807) is 11.8 Å². The number of aliphatic imine (C=N–C) groups is 1. The van der Waals surface area contributed by atoms with Crippen LogP contribution in [0.5, 0.6) is 0 Å². The Labute approximate surface area is 115 Å². The van der Waals surface area contributed by atoms with Crippen LogP contribution in [0.15, 0.2) is 4.99 Å². The van der Waals surface area contributed by atoms with E-state index in [2.05, 4.69) is 31.1 Å². The second-order valence-corrected chi connectivity index (χ2v) is 7.42. The third-order valence-electron chi connectivity index (χ3n) is 2.60. The Morgan fingerprint density at radius 3 is 2.61 bits per heavy atom. The molecule has 0 radical (unpaired) electrons. The smallest absolute Gasteiger partial charge is 0.362 e. The van der Waals surface area contributed by atoms with Crippen molar-refractivity contribution in [3.8, 4) is 0 Å². The van der Waals surface area contributed by atoms with E-state index >= 15 is 0 Å². The van der Waals surface area contributed by atoms with Gasteiger partial charge in [-0.3, -0.25) is 4.99 Å². The highest BCUT2D eigenvalue weighted by molar-refractivity contribution is 8.13. The summed E-state index contributed by atoms with van der Waals surface area (Å²) in [5.74, 6) is 0.954. The zero-order chi connectivity index (χ0) is 13.8. The van der Waals surface area contributed by atoms with Gasteiger partial charge in [0.2, 0.25) is 0 Å². The Hall–Kier alpha value is -0.0400. The largest absolute Gasteiger partial charge is 0.441 e. The van der Waals surface area contributed by atoms with Gasteiger partial charge in [0.15, 0.2) is 5.17 Å². The number of rotatable bonds is 3. The third-order valence-corrected chi connectivity index (χ3v) is 4.28. The Kier molecular flexibility index (Phi) is 5.70. The van der Waals surface area contributed by atoms with E-state index in [9.17, 15) is 13.2 Å². The predicted octanol–water partition coefficient (Wildman–Crippen LogP) is 3.74. The summed E-state index contributed by atoms with van der Waals surface area (Å²) in [6.45, 7) is 6.66. The summed E-state index contributed by atoms with van der Waals surface area (Å²) in [7, 11) is 0. The molecule has 0 spiro atoms. The number of hydrogen-bond donors (Lipinski definition) is 1. The van der Waals surface area contributed by atoms with Crippen LogP contribution in [0.25, 0.3) is 0 Å². The van der Waals surface area contributed by atoms with Crippen LogP contribution in [0.3, 0.4) is 0 Å². The highest BCUT2D eigenvalue weighted by atomic mass is 32.2. The SMILES string of the molecule is CC(C)(C)C1CCSC(=NCCSC(F)(F)F)N1. The fourth-order valence-corrected chi connectivity index (χ4v) is 2.95. The minimum absolute atomic E-state index is 0.0156. The molecule has 1 unspecified atom stereocenters. The first-order valence-electron chi connectivity index (χ1n) is 5.83. The van der Waals surface area contributed by atoms with Gasteiger partial charge in [-0.05, 0) is 23.6 Å². The van der Waals surface area contributed by atoms with Crippen molar-refractivity contribution in [1.82, 2.24) is 5.32 Å². The molecule has 0 amide bonds. The molecular formula is C11H19F3N2S2. The van der Waals surface area contributed by atoms with E-state index < -0.39 is 5.51 Å². The molecular weight excluding hydrogens is 281 g/mol. The van der Waals surface area contributed by atoms with Crippen molar-refractivity contribution in [2.24, 2.45) is 10.4 Å². The van der Waals surface area contributed by atoms with Gasteiger partial charge in [-0.15, -0.1) is 0 Å². The molecule has 1 atom stereocenters. The predicted molar refractivity (Wildman–Crippen MR) is 74.3 cm³/mol. The van der Waals surface area contributed by atoms with Crippen LogP contribution < -0.4 is 5.32 Å². The van der Waals surface area contributed by atoms with Crippen molar-refractivity contribution in [2.75, 3.05) is 18.1 Å². The Balaban J connectivity index is 2.37. The van der Waals surface area contributed by atoms with Gasteiger partial charge in [0, 0.05) is 17.5 Å². The summed E-state index contributed by atoms with van der Waals surface area (Å²) in [6.07, 6.45) is 1.06. The molecule has 0 aliphatic carbocycles. The van der Waals surface area contributed by atoms with E-state index in [0.717, 1.165) is 17.3 Å².